The molecule has 0 aliphatic rings. The molecule has 1 aromatic carbocycles. The second-order valence-corrected chi connectivity index (χ2v) is 4.50. The number of aromatic amines is 1. The summed E-state index contributed by atoms with van der Waals surface area (Å²) in [6.45, 7) is 5.59. The Morgan fingerprint density at radius 3 is 2.68 bits per heavy atom. The van der Waals surface area contributed by atoms with Gasteiger partial charge in [0.1, 0.15) is 5.82 Å². The molecule has 19 heavy (non-hydrogen) atoms. The van der Waals surface area contributed by atoms with E-state index in [0.717, 1.165) is 17.0 Å². The summed E-state index contributed by atoms with van der Waals surface area (Å²) in [5, 5.41) is 9.75. The SMILES string of the molecule is CC(C)=CC(=O)Nc1ccccc1-c1n[nH]c(C)n1. The zero-order valence-electron chi connectivity index (χ0n) is 11.2. The molecule has 0 bridgehead atoms. The van der Waals surface area contributed by atoms with Crippen molar-refractivity contribution in [2.75, 3.05) is 5.32 Å². The number of para-hydroxylation sites is 1. The van der Waals surface area contributed by atoms with Gasteiger partial charge >= 0.3 is 0 Å². The van der Waals surface area contributed by atoms with Crippen LogP contribution in [0.25, 0.3) is 11.4 Å². The average molecular weight is 256 g/mol. The summed E-state index contributed by atoms with van der Waals surface area (Å²) >= 11 is 0. The van der Waals surface area contributed by atoms with Crippen molar-refractivity contribution in [3.8, 4) is 11.4 Å². The Bertz CT molecular complexity index is 624. The van der Waals surface area contributed by atoms with Gasteiger partial charge in [-0.25, -0.2) is 4.98 Å². The molecule has 2 aromatic rings. The van der Waals surface area contributed by atoms with E-state index >= 15 is 0 Å². The number of carbonyl (C=O) groups is 1. The van der Waals surface area contributed by atoms with Crippen LogP contribution in [0.3, 0.4) is 0 Å². The van der Waals surface area contributed by atoms with Crippen LogP contribution in [-0.2, 0) is 4.79 Å². The summed E-state index contributed by atoms with van der Waals surface area (Å²) in [6.07, 6.45) is 1.56. The third-order valence-electron chi connectivity index (χ3n) is 2.44. The second kappa shape index (κ2) is 5.48. The van der Waals surface area contributed by atoms with E-state index in [4.69, 9.17) is 0 Å². The molecular formula is C14H16N4O. The lowest BCUT2D eigenvalue weighted by Gasteiger charge is -2.07. The predicted octanol–water partition coefficient (Wildman–Crippen LogP) is 2.68. The van der Waals surface area contributed by atoms with Crippen LogP contribution in [0.1, 0.15) is 19.7 Å². The molecule has 1 amide bonds. The fourth-order valence-corrected chi connectivity index (χ4v) is 1.68. The Morgan fingerprint density at radius 1 is 1.32 bits per heavy atom. The summed E-state index contributed by atoms with van der Waals surface area (Å²) in [4.78, 5) is 16.1. The first-order valence-corrected chi connectivity index (χ1v) is 6.00. The number of nitrogens with zero attached hydrogens (tertiary/aromatic N) is 2. The first-order chi connectivity index (χ1) is 9.06. The number of amides is 1. The van der Waals surface area contributed by atoms with Crippen molar-refractivity contribution >= 4 is 11.6 Å². The summed E-state index contributed by atoms with van der Waals surface area (Å²) < 4.78 is 0. The number of hydrogen-bond acceptors (Lipinski definition) is 3. The highest BCUT2D eigenvalue weighted by Crippen LogP contribution is 2.24. The monoisotopic (exact) mass is 256 g/mol. The highest BCUT2D eigenvalue weighted by atomic mass is 16.1. The summed E-state index contributed by atoms with van der Waals surface area (Å²) in [7, 11) is 0. The summed E-state index contributed by atoms with van der Waals surface area (Å²) in [5.74, 6) is 1.16. The largest absolute Gasteiger partial charge is 0.322 e. The normalized spacial score (nSPS) is 10.1. The molecule has 1 aromatic heterocycles. The first kappa shape index (κ1) is 13.0. The highest BCUT2D eigenvalue weighted by molar-refractivity contribution is 6.01. The highest BCUT2D eigenvalue weighted by Gasteiger charge is 2.10. The molecule has 0 fully saturated rings. The molecule has 0 radical (unpaired) electrons. The Hall–Kier alpha value is -2.43. The number of rotatable bonds is 3. The third-order valence-corrected chi connectivity index (χ3v) is 2.44. The van der Waals surface area contributed by atoms with Gasteiger partial charge in [0.2, 0.25) is 5.91 Å². The fraction of sp³-hybridized carbons (Fsp3) is 0.214. The number of H-pyrrole nitrogens is 1. The quantitative estimate of drug-likeness (QED) is 0.829. The Kier molecular flexibility index (Phi) is 3.75. The van der Waals surface area contributed by atoms with E-state index in [2.05, 4.69) is 20.5 Å². The van der Waals surface area contributed by atoms with Gasteiger partial charge < -0.3 is 5.32 Å². The van der Waals surface area contributed by atoms with Crippen molar-refractivity contribution in [1.82, 2.24) is 15.2 Å². The second-order valence-electron chi connectivity index (χ2n) is 4.50. The lowest BCUT2D eigenvalue weighted by molar-refractivity contribution is -0.111. The Balaban J connectivity index is 2.32. The first-order valence-electron chi connectivity index (χ1n) is 6.00. The maximum atomic E-state index is 11.8. The molecule has 2 rings (SSSR count). The minimum absolute atomic E-state index is 0.153. The number of carbonyl (C=O) groups excluding carboxylic acids is 1. The van der Waals surface area contributed by atoms with E-state index < -0.39 is 0 Å². The third kappa shape index (κ3) is 3.28. The molecule has 1 heterocycles. The summed E-state index contributed by atoms with van der Waals surface area (Å²) in [5.41, 5.74) is 2.44. The molecule has 0 unspecified atom stereocenters. The average Bonchev–Trinajstić information content (AvgIpc) is 2.75. The smallest absolute Gasteiger partial charge is 0.248 e. The van der Waals surface area contributed by atoms with Gasteiger partial charge in [-0.2, -0.15) is 5.10 Å². The number of hydrogen-bond donors (Lipinski definition) is 2. The minimum Gasteiger partial charge on any atom is -0.322 e. The zero-order chi connectivity index (χ0) is 13.8. The minimum atomic E-state index is -0.153. The number of anilines is 1. The van der Waals surface area contributed by atoms with Gasteiger partial charge in [-0.15, -0.1) is 0 Å². The van der Waals surface area contributed by atoms with E-state index in [-0.39, 0.29) is 5.91 Å². The molecule has 0 aliphatic carbocycles. The predicted molar refractivity (Wildman–Crippen MR) is 74.6 cm³/mol. The molecule has 0 saturated carbocycles. The van der Waals surface area contributed by atoms with Crippen molar-refractivity contribution in [2.45, 2.75) is 20.8 Å². The van der Waals surface area contributed by atoms with Gasteiger partial charge in [-0.3, -0.25) is 9.89 Å². The maximum Gasteiger partial charge on any atom is 0.248 e. The van der Waals surface area contributed by atoms with Crippen LogP contribution in [0.2, 0.25) is 0 Å². The topological polar surface area (TPSA) is 70.7 Å². The molecule has 5 heteroatoms. The maximum absolute atomic E-state index is 11.8. The molecule has 0 aliphatic heterocycles. The van der Waals surface area contributed by atoms with Crippen LogP contribution >= 0.6 is 0 Å². The van der Waals surface area contributed by atoms with Crippen molar-refractivity contribution in [3.05, 3.63) is 41.7 Å². The van der Waals surface area contributed by atoms with Gasteiger partial charge in [0.05, 0.1) is 5.69 Å². The molecule has 0 atom stereocenters. The van der Waals surface area contributed by atoms with Crippen molar-refractivity contribution in [1.29, 1.82) is 0 Å². The van der Waals surface area contributed by atoms with Crippen molar-refractivity contribution < 1.29 is 4.79 Å². The van der Waals surface area contributed by atoms with E-state index in [1.54, 1.807) is 6.08 Å². The van der Waals surface area contributed by atoms with Gasteiger partial charge in [-0.1, -0.05) is 17.7 Å². The van der Waals surface area contributed by atoms with Gasteiger partial charge in [0.15, 0.2) is 5.82 Å². The zero-order valence-corrected chi connectivity index (χ0v) is 11.2. The molecular weight excluding hydrogens is 240 g/mol. The van der Waals surface area contributed by atoms with Gasteiger partial charge in [-0.05, 0) is 32.9 Å². The van der Waals surface area contributed by atoms with Crippen LogP contribution in [-0.4, -0.2) is 21.1 Å². The lowest BCUT2D eigenvalue weighted by atomic mass is 10.1. The van der Waals surface area contributed by atoms with Crippen molar-refractivity contribution in [2.24, 2.45) is 0 Å². The van der Waals surface area contributed by atoms with Gasteiger partial charge in [0, 0.05) is 11.6 Å². The van der Waals surface area contributed by atoms with E-state index in [0.29, 0.717) is 11.5 Å². The van der Waals surface area contributed by atoms with Crippen LogP contribution in [0.15, 0.2) is 35.9 Å². The fourth-order valence-electron chi connectivity index (χ4n) is 1.68. The number of aromatic nitrogens is 3. The summed E-state index contributed by atoms with van der Waals surface area (Å²) in [6, 6.07) is 7.46. The number of allylic oxidation sites excluding steroid dienone is 1. The van der Waals surface area contributed by atoms with E-state index in [9.17, 15) is 4.79 Å². The van der Waals surface area contributed by atoms with E-state index in [1.807, 2.05) is 45.0 Å². The molecule has 98 valence electrons. The van der Waals surface area contributed by atoms with E-state index in [1.165, 1.54) is 0 Å². The molecule has 2 N–H and O–H groups in total. The Labute approximate surface area is 111 Å². The standard InChI is InChI=1S/C14H16N4O/c1-9(2)8-13(19)16-12-7-5-4-6-11(12)14-15-10(3)17-18-14/h4-8H,1-3H3,(H,16,19)(H,15,17,18). The lowest BCUT2D eigenvalue weighted by Crippen LogP contribution is -2.09. The van der Waals surface area contributed by atoms with Crippen LogP contribution < -0.4 is 5.32 Å². The van der Waals surface area contributed by atoms with Gasteiger partial charge in [0.25, 0.3) is 0 Å². The van der Waals surface area contributed by atoms with Crippen molar-refractivity contribution in [3.63, 3.8) is 0 Å². The van der Waals surface area contributed by atoms with Crippen LogP contribution in [0.5, 0.6) is 0 Å². The molecule has 0 saturated heterocycles. The number of aryl methyl sites for hydroxylation is 1. The number of nitrogens with one attached hydrogen (secondary N) is 2. The molecule has 5 nitrogen and oxygen atoms in total. The number of benzene rings is 1. The molecule has 0 spiro atoms. The van der Waals surface area contributed by atoms with Crippen LogP contribution in [0, 0.1) is 6.92 Å². The Morgan fingerprint density at radius 2 is 2.05 bits per heavy atom. The van der Waals surface area contributed by atoms with Crippen LogP contribution in [0.4, 0.5) is 5.69 Å².